The third-order valence-corrected chi connectivity index (χ3v) is 3.62. The predicted molar refractivity (Wildman–Crippen MR) is 75.2 cm³/mol. The van der Waals surface area contributed by atoms with Gasteiger partial charge in [0.2, 0.25) is 0 Å². The molecule has 100 valence electrons. The molecule has 1 aliphatic heterocycles. The van der Waals surface area contributed by atoms with Crippen LogP contribution in [0.25, 0.3) is 10.9 Å². The van der Waals surface area contributed by atoms with Crippen LogP contribution in [-0.2, 0) is 0 Å². The lowest BCUT2D eigenvalue weighted by atomic mass is 9.97. The van der Waals surface area contributed by atoms with Gasteiger partial charge >= 0.3 is 6.01 Å². The predicted octanol–water partition coefficient (Wildman–Crippen LogP) is 2.40. The van der Waals surface area contributed by atoms with Crippen molar-refractivity contribution >= 4 is 10.9 Å². The maximum atomic E-state index is 5.67. The summed E-state index contributed by atoms with van der Waals surface area (Å²) in [6.45, 7) is 2.97. The van der Waals surface area contributed by atoms with E-state index < -0.39 is 0 Å². The maximum absolute atomic E-state index is 5.67. The van der Waals surface area contributed by atoms with Gasteiger partial charge in [0.15, 0.2) is 0 Å². The second kappa shape index (κ2) is 5.97. The molecule has 1 aliphatic rings. The zero-order valence-electron chi connectivity index (χ0n) is 11.0. The monoisotopic (exact) mass is 257 g/mol. The van der Waals surface area contributed by atoms with Crippen molar-refractivity contribution in [2.24, 2.45) is 5.92 Å². The highest BCUT2D eigenvalue weighted by Gasteiger charge is 2.12. The standard InChI is InChI=1S/C15H19N3O/c1-2-6-14-13(5-1)11-17-15(18-14)19-9-7-12-4-3-8-16-10-12/h1-2,5-6,11-12,16H,3-4,7-10H2. The highest BCUT2D eigenvalue weighted by molar-refractivity contribution is 5.77. The average molecular weight is 257 g/mol. The lowest BCUT2D eigenvalue weighted by Gasteiger charge is -2.22. The number of para-hydroxylation sites is 1. The normalized spacial score (nSPS) is 19.5. The molecule has 4 nitrogen and oxygen atoms in total. The molecule has 2 heterocycles. The number of aromatic nitrogens is 2. The van der Waals surface area contributed by atoms with Crippen LogP contribution in [0.15, 0.2) is 30.5 Å². The van der Waals surface area contributed by atoms with Gasteiger partial charge in [-0.15, -0.1) is 0 Å². The molecule has 0 amide bonds. The molecule has 4 heteroatoms. The van der Waals surface area contributed by atoms with Gasteiger partial charge in [0.1, 0.15) is 0 Å². The zero-order valence-corrected chi connectivity index (χ0v) is 11.0. The Morgan fingerprint density at radius 2 is 2.26 bits per heavy atom. The Kier molecular flexibility index (Phi) is 3.89. The van der Waals surface area contributed by atoms with E-state index in [1.54, 1.807) is 0 Å². The molecule has 3 rings (SSSR count). The third kappa shape index (κ3) is 3.20. The number of fused-ring (bicyclic) bond motifs is 1. The number of nitrogens with one attached hydrogen (secondary N) is 1. The fraction of sp³-hybridized carbons (Fsp3) is 0.467. The van der Waals surface area contributed by atoms with Crippen LogP contribution in [0.1, 0.15) is 19.3 Å². The van der Waals surface area contributed by atoms with Crippen LogP contribution >= 0.6 is 0 Å². The Labute approximate surface area is 113 Å². The second-order valence-electron chi connectivity index (χ2n) is 5.06. The van der Waals surface area contributed by atoms with E-state index in [2.05, 4.69) is 15.3 Å². The zero-order chi connectivity index (χ0) is 12.9. The maximum Gasteiger partial charge on any atom is 0.316 e. The van der Waals surface area contributed by atoms with E-state index in [-0.39, 0.29) is 0 Å². The molecule has 0 bridgehead atoms. The summed E-state index contributed by atoms with van der Waals surface area (Å²) in [6.07, 6.45) is 5.47. The van der Waals surface area contributed by atoms with E-state index in [1.165, 1.54) is 12.8 Å². The molecular weight excluding hydrogens is 238 g/mol. The van der Waals surface area contributed by atoms with Crippen molar-refractivity contribution in [3.05, 3.63) is 30.5 Å². The molecule has 1 fully saturated rings. The van der Waals surface area contributed by atoms with Crippen LogP contribution in [0.4, 0.5) is 0 Å². The van der Waals surface area contributed by atoms with Crippen molar-refractivity contribution in [2.45, 2.75) is 19.3 Å². The van der Waals surface area contributed by atoms with Crippen molar-refractivity contribution in [2.75, 3.05) is 19.7 Å². The fourth-order valence-electron chi connectivity index (χ4n) is 2.51. The minimum atomic E-state index is 0.488. The molecule has 0 saturated carbocycles. The molecule has 1 aromatic heterocycles. The summed E-state index contributed by atoms with van der Waals surface area (Å²) in [5.74, 6) is 0.731. The van der Waals surface area contributed by atoms with E-state index in [0.29, 0.717) is 12.6 Å². The molecule has 1 aromatic carbocycles. The third-order valence-electron chi connectivity index (χ3n) is 3.62. The smallest absolute Gasteiger partial charge is 0.316 e. The molecule has 2 aromatic rings. The van der Waals surface area contributed by atoms with E-state index >= 15 is 0 Å². The summed E-state index contributed by atoms with van der Waals surface area (Å²) in [6, 6.07) is 8.44. The van der Waals surface area contributed by atoms with Crippen LogP contribution in [0.5, 0.6) is 6.01 Å². The van der Waals surface area contributed by atoms with Crippen molar-refractivity contribution in [1.29, 1.82) is 0 Å². The second-order valence-corrected chi connectivity index (χ2v) is 5.06. The first-order valence-corrected chi connectivity index (χ1v) is 6.97. The molecule has 1 saturated heterocycles. The van der Waals surface area contributed by atoms with Crippen LogP contribution in [-0.4, -0.2) is 29.7 Å². The van der Waals surface area contributed by atoms with Gasteiger partial charge in [0.25, 0.3) is 0 Å². The number of hydrogen-bond acceptors (Lipinski definition) is 4. The lowest BCUT2D eigenvalue weighted by Crippen LogP contribution is -2.30. The first kappa shape index (κ1) is 12.4. The Morgan fingerprint density at radius 3 is 3.16 bits per heavy atom. The topological polar surface area (TPSA) is 47.0 Å². The molecule has 19 heavy (non-hydrogen) atoms. The highest BCUT2D eigenvalue weighted by atomic mass is 16.5. The van der Waals surface area contributed by atoms with Gasteiger partial charge in [-0.25, -0.2) is 4.98 Å². The van der Waals surface area contributed by atoms with Gasteiger partial charge in [-0.2, -0.15) is 4.98 Å². The first-order chi connectivity index (χ1) is 9.42. The number of hydrogen-bond donors (Lipinski definition) is 1. The summed E-state index contributed by atoms with van der Waals surface area (Å²) < 4.78 is 5.67. The Hall–Kier alpha value is -1.68. The Bertz CT molecular complexity index is 538. The van der Waals surface area contributed by atoms with Crippen molar-refractivity contribution < 1.29 is 4.74 Å². The first-order valence-electron chi connectivity index (χ1n) is 6.97. The van der Waals surface area contributed by atoms with Gasteiger partial charge < -0.3 is 10.1 Å². The van der Waals surface area contributed by atoms with Crippen LogP contribution < -0.4 is 10.1 Å². The molecule has 1 N–H and O–H groups in total. The van der Waals surface area contributed by atoms with E-state index in [4.69, 9.17) is 4.74 Å². The van der Waals surface area contributed by atoms with Gasteiger partial charge in [-0.05, 0) is 44.3 Å². The summed E-state index contributed by atoms with van der Waals surface area (Å²) >= 11 is 0. The largest absolute Gasteiger partial charge is 0.463 e. The van der Waals surface area contributed by atoms with Gasteiger partial charge in [0.05, 0.1) is 12.1 Å². The lowest BCUT2D eigenvalue weighted by molar-refractivity contribution is 0.240. The van der Waals surface area contributed by atoms with E-state index in [9.17, 15) is 0 Å². The number of nitrogens with zero attached hydrogens (tertiary/aromatic N) is 2. The van der Waals surface area contributed by atoms with Gasteiger partial charge in [-0.3, -0.25) is 0 Å². The highest BCUT2D eigenvalue weighted by Crippen LogP contribution is 2.16. The van der Waals surface area contributed by atoms with Crippen LogP contribution in [0.2, 0.25) is 0 Å². The number of rotatable bonds is 4. The number of piperidine rings is 1. The molecule has 1 unspecified atom stereocenters. The molecule has 1 atom stereocenters. The summed E-state index contributed by atoms with van der Waals surface area (Å²) in [5.41, 5.74) is 0.937. The van der Waals surface area contributed by atoms with Gasteiger partial charge in [-0.1, -0.05) is 18.2 Å². The molecule has 0 radical (unpaired) electrons. The molecular formula is C15H19N3O. The minimum absolute atomic E-state index is 0.488. The average Bonchev–Trinajstić information content (AvgIpc) is 2.48. The Morgan fingerprint density at radius 1 is 1.32 bits per heavy atom. The SMILES string of the molecule is c1ccc2nc(OCCC3CCCNC3)ncc2c1. The van der Waals surface area contributed by atoms with Crippen LogP contribution in [0, 0.1) is 5.92 Å². The molecule has 0 aliphatic carbocycles. The fourth-order valence-corrected chi connectivity index (χ4v) is 2.51. The minimum Gasteiger partial charge on any atom is -0.463 e. The van der Waals surface area contributed by atoms with Crippen LogP contribution in [0.3, 0.4) is 0 Å². The summed E-state index contributed by atoms with van der Waals surface area (Å²) in [5, 5.41) is 4.47. The van der Waals surface area contributed by atoms with Crippen molar-refractivity contribution in [1.82, 2.24) is 15.3 Å². The summed E-state index contributed by atoms with van der Waals surface area (Å²) in [7, 11) is 0. The number of ether oxygens (including phenoxy) is 1. The Balaban J connectivity index is 1.56. The summed E-state index contributed by atoms with van der Waals surface area (Å²) in [4.78, 5) is 8.65. The number of benzene rings is 1. The van der Waals surface area contributed by atoms with Gasteiger partial charge in [0, 0.05) is 11.6 Å². The quantitative estimate of drug-likeness (QED) is 0.913. The van der Waals surface area contributed by atoms with E-state index in [0.717, 1.165) is 36.3 Å². The van der Waals surface area contributed by atoms with E-state index in [1.807, 2.05) is 30.5 Å². The molecule has 0 spiro atoms. The van der Waals surface area contributed by atoms with Crippen molar-refractivity contribution in [3.63, 3.8) is 0 Å². The van der Waals surface area contributed by atoms with Crippen molar-refractivity contribution in [3.8, 4) is 6.01 Å².